The average molecular weight is 749 g/mol. The lowest BCUT2D eigenvalue weighted by molar-refractivity contribution is -0.151. The van der Waals surface area contributed by atoms with E-state index in [0.717, 1.165) is 30.4 Å². The van der Waals surface area contributed by atoms with E-state index in [2.05, 4.69) is 26.6 Å². The van der Waals surface area contributed by atoms with Crippen molar-refractivity contribution in [1.82, 2.24) is 4.90 Å². The van der Waals surface area contributed by atoms with Crippen molar-refractivity contribution >= 4 is 50.8 Å². The molecule has 4 atom stereocenters. The van der Waals surface area contributed by atoms with Crippen molar-refractivity contribution in [2.24, 2.45) is 11.8 Å². The average Bonchev–Trinajstić information content (AvgIpc) is 3.10. The highest BCUT2D eigenvalue weighted by molar-refractivity contribution is 9.10. The Labute approximate surface area is 302 Å². The third-order valence-corrected chi connectivity index (χ3v) is 10.4. The van der Waals surface area contributed by atoms with Crippen LogP contribution in [0.2, 0.25) is 0 Å². The summed E-state index contributed by atoms with van der Waals surface area (Å²) in [4.78, 5) is 57.3. The Bertz CT molecular complexity index is 1740. The maximum absolute atomic E-state index is 14.4. The molecule has 2 fully saturated rings. The second-order valence-corrected chi connectivity index (χ2v) is 14.1. The summed E-state index contributed by atoms with van der Waals surface area (Å²) in [5, 5.41) is 17.8. The Morgan fingerprint density at radius 2 is 1.50 bits per heavy atom. The van der Waals surface area contributed by atoms with E-state index in [1.807, 2.05) is 44.2 Å². The molecule has 50 heavy (non-hydrogen) atoms. The fourth-order valence-electron chi connectivity index (χ4n) is 7.25. The normalized spacial score (nSPS) is 22.1. The second-order valence-electron chi connectivity index (χ2n) is 13.2. The number of aliphatic hydroxyl groups is 1. The minimum absolute atomic E-state index is 0.134. The lowest BCUT2D eigenvalue weighted by Crippen LogP contribution is -2.56. The molecular weight excluding hydrogens is 702 g/mol. The van der Waals surface area contributed by atoms with Crippen molar-refractivity contribution in [2.75, 3.05) is 37.4 Å². The zero-order chi connectivity index (χ0) is 36.0. The van der Waals surface area contributed by atoms with Gasteiger partial charge in [0.25, 0.3) is 5.91 Å². The molecule has 3 amide bonds. The molecule has 10 nitrogen and oxygen atoms in total. The number of nitrogens with one attached hydrogen (secondary N) is 2. The predicted octanol–water partition coefficient (Wildman–Crippen LogP) is 6.29. The topological polar surface area (TPSA) is 134 Å². The highest BCUT2D eigenvalue weighted by Crippen LogP contribution is 2.49. The van der Waals surface area contributed by atoms with Gasteiger partial charge in [0, 0.05) is 36.8 Å². The summed E-state index contributed by atoms with van der Waals surface area (Å²) in [6.07, 6.45) is 3.91. The molecule has 5 rings (SSSR count). The first-order valence-corrected chi connectivity index (χ1v) is 18.1. The van der Waals surface area contributed by atoms with E-state index < -0.39 is 47.4 Å². The number of ether oxygens (including phenoxy) is 2. The number of benzene rings is 3. The van der Waals surface area contributed by atoms with Crippen molar-refractivity contribution in [2.45, 2.75) is 70.8 Å². The van der Waals surface area contributed by atoms with Crippen LogP contribution < -0.4 is 20.1 Å². The SMILES string of the molecule is CCc1ccccc1NC(=O)C1C(=O)CC(C)(O)C(C(=O)Nc2ccccc2CC)C1c1cc(Br)c(OCC(=O)N2CCCCC2)c(OC)c1. The van der Waals surface area contributed by atoms with Crippen LogP contribution in [-0.4, -0.2) is 65.9 Å². The highest BCUT2D eigenvalue weighted by Gasteiger charge is 2.56. The molecule has 0 aromatic heterocycles. The Morgan fingerprint density at radius 3 is 2.08 bits per heavy atom. The molecule has 1 saturated carbocycles. The third-order valence-electron chi connectivity index (χ3n) is 9.83. The van der Waals surface area contributed by atoms with Gasteiger partial charge in [0.05, 0.1) is 23.1 Å². The molecule has 1 saturated heterocycles. The van der Waals surface area contributed by atoms with Crippen LogP contribution in [0, 0.1) is 11.8 Å². The summed E-state index contributed by atoms with van der Waals surface area (Å²) in [5.41, 5.74) is 1.56. The molecule has 266 valence electrons. The number of amides is 3. The molecule has 2 aliphatic rings. The highest BCUT2D eigenvalue weighted by atomic mass is 79.9. The predicted molar refractivity (Wildman–Crippen MR) is 195 cm³/mol. The summed E-state index contributed by atoms with van der Waals surface area (Å²) in [7, 11) is 1.45. The van der Waals surface area contributed by atoms with Gasteiger partial charge < -0.3 is 30.1 Å². The van der Waals surface area contributed by atoms with E-state index >= 15 is 0 Å². The van der Waals surface area contributed by atoms with Gasteiger partial charge in [0.2, 0.25) is 11.8 Å². The zero-order valence-corrected chi connectivity index (χ0v) is 30.7. The van der Waals surface area contributed by atoms with Crippen LogP contribution in [0.3, 0.4) is 0 Å². The zero-order valence-electron chi connectivity index (χ0n) is 29.1. The molecule has 0 bridgehead atoms. The fourth-order valence-corrected chi connectivity index (χ4v) is 7.83. The van der Waals surface area contributed by atoms with Gasteiger partial charge in [0.15, 0.2) is 18.1 Å². The largest absolute Gasteiger partial charge is 0.493 e. The van der Waals surface area contributed by atoms with Gasteiger partial charge in [-0.15, -0.1) is 0 Å². The van der Waals surface area contributed by atoms with E-state index in [-0.39, 0.29) is 24.0 Å². The summed E-state index contributed by atoms with van der Waals surface area (Å²) in [6.45, 7) is 6.59. The van der Waals surface area contributed by atoms with Crippen molar-refractivity contribution in [3.05, 3.63) is 81.8 Å². The smallest absolute Gasteiger partial charge is 0.260 e. The van der Waals surface area contributed by atoms with E-state index in [1.54, 1.807) is 35.2 Å². The number of halogens is 1. The van der Waals surface area contributed by atoms with Gasteiger partial charge in [-0.1, -0.05) is 50.2 Å². The van der Waals surface area contributed by atoms with Crippen LogP contribution in [0.25, 0.3) is 0 Å². The van der Waals surface area contributed by atoms with Gasteiger partial charge in [-0.2, -0.15) is 0 Å². The number of hydrogen-bond acceptors (Lipinski definition) is 7. The minimum atomic E-state index is -1.80. The molecule has 3 aromatic carbocycles. The molecule has 0 spiro atoms. The summed E-state index contributed by atoms with van der Waals surface area (Å²) < 4.78 is 12.1. The van der Waals surface area contributed by atoms with Gasteiger partial charge in [-0.25, -0.2) is 0 Å². The van der Waals surface area contributed by atoms with Crippen LogP contribution in [-0.2, 0) is 32.0 Å². The van der Waals surface area contributed by atoms with Crippen molar-refractivity contribution in [1.29, 1.82) is 0 Å². The lowest BCUT2D eigenvalue weighted by Gasteiger charge is -2.44. The first-order valence-electron chi connectivity index (χ1n) is 17.3. The molecule has 3 aromatic rings. The first-order chi connectivity index (χ1) is 24.0. The number of carbonyl (C=O) groups is 4. The van der Waals surface area contributed by atoms with Crippen molar-refractivity contribution in [3.8, 4) is 11.5 Å². The first kappa shape index (κ1) is 37.0. The Hall–Kier alpha value is -4.22. The lowest BCUT2D eigenvalue weighted by atomic mass is 9.61. The van der Waals surface area contributed by atoms with E-state index in [0.29, 0.717) is 47.3 Å². The number of hydrogen-bond donors (Lipinski definition) is 3. The number of para-hydroxylation sites is 2. The third kappa shape index (κ3) is 8.05. The number of piperidine rings is 1. The number of anilines is 2. The minimum Gasteiger partial charge on any atom is -0.493 e. The molecule has 1 aliphatic heterocycles. The van der Waals surface area contributed by atoms with Crippen molar-refractivity contribution < 1.29 is 33.8 Å². The van der Waals surface area contributed by atoms with Crippen LogP contribution in [0.5, 0.6) is 11.5 Å². The molecule has 0 radical (unpaired) electrons. The Morgan fingerprint density at radius 1 is 0.920 bits per heavy atom. The van der Waals surface area contributed by atoms with Crippen LogP contribution in [0.15, 0.2) is 65.1 Å². The summed E-state index contributed by atoms with van der Waals surface area (Å²) in [6, 6.07) is 18.0. The molecule has 1 aliphatic carbocycles. The quantitative estimate of drug-likeness (QED) is 0.196. The molecule has 3 N–H and O–H groups in total. The van der Waals surface area contributed by atoms with Gasteiger partial charge in [-0.05, 0) is 95.9 Å². The van der Waals surface area contributed by atoms with Crippen LogP contribution >= 0.6 is 15.9 Å². The van der Waals surface area contributed by atoms with E-state index in [1.165, 1.54) is 14.0 Å². The molecule has 4 unspecified atom stereocenters. The number of nitrogens with zero attached hydrogens (tertiary/aromatic N) is 1. The summed E-state index contributed by atoms with van der Waals surface area (Å²) in [5.74, 6) is -4.89. The van der Waals surface area contributed by atoms with Gasteiger partial charge in [0.1, 0.15) is 11.7 Å². The van der Waals surface area contributed by atoms with Gasteiger partial charge in [-0.3, -0.25) is 19.2 Å². The monoisotopic (exact) mass is 747 g/mol. The molecule has 11 heteroatoms. The maximum atomic E-state index is 14.4. The maximum Gasteiger partial charge on any atom is 0.260 e. The number of rotatable bonds is 11. The number of methoxy groups -OCH3 is 1. The van der Waals surface area contributed by atoms with Crippen molar-refractivity contribution in [3.63, 3.8) is 0 Å². The number of carbonyl (C=O) groups excluding carboxylic acids is 4. The molecule has 1 heterocycles. The van der Waals surface area contributed by atoms with Gasteiger partial charge >= 0.3 is 0 Å². The van der Waals surface area contributed by atoms with Crippen LogP contribution in [0.1, 0.15) is 69.1 Å². The Kier molecular flexibility index (Phi) is 12.0. The summed E-state index contributed by atoms with van der Waals surface area (Å²) >= 11 is 3.58. The van der Waals surface area contributed by atoms with E-state index in [4.69, 9.17) is 9.47 Å². The van der Waals surface area contributed by atoms with Crippen LogP contribution in [0.4, 0.5) is 11.4 Å². The Balaban J connectivity index is 1.57. The number of ketones is 1. The standard InChI is InChI=1S/C39H46BrN3O7/c1-5-24-14-8-10-16-28(24)41-37(46)34-30(44)22-39(3,48)35(38(47)42-29-17-11-9-15-25(29)6-2)33(34)26-20-27(40)36(31(21-26)49-4)50-23-32(45)43-18-12-7-13-19-43/h8-11,14-17,20-21,33-35,48H,5-7,12-13,18-19,22-23H2,1-4H3,(H,41,46)(H,42,47). The number of Topliss-reactive ketones (excluding diaryl/α,β-unsaturated/α-hetero) is 1. The second kappa shape index (κ2) is 16.2. The fraction of sp³-hybridized carbons (Fsp3) is 0.436. The number of likely N-dealkylation sites (tertiary alicyclic amines) is 1. The van der Waals surface area contributed by atoms with E-state index in [9.17, 15) is 24.3 Å². The molecular formula is C39H46BrN3O7. The number of aryl methyl sites for hydroxylation is 2.